The van der Waals surface area contributed by atoms with E-state index >= 15 is 0 Å². The summed E-state index contributed by atoms with van der Waals surface area (Å²) in [6.45, 7) is 4.47. The molecule has 0 saturated carbocycles. The summed E-state index contributed by atoms with van der Waals surface area (Å²) >= 11 is 7.34. The van der Waals surface area contributed by atoms with Crippen LogP contribution < -0.4 is 14.9 Å². The van der Waals surface area contributed by atoms with Gasteiger partial charge in [0.05, 0.1) is 25.7 Å². The molecule has 1 N–H and O–H groups in total. The van der Waals surface area contributed by atoms with E-state index in [1.165, 1.54) is 11.8 Å². The monoisotopic (exact) mass is 535 g/mol. The maximum Gasteiger partial charge on any atom is 0.250 e. The van der Waals surface area contributed by atoms with Crippen LogP contribution in [0.3, 0.4) is 0 Å². The summed E-state index contributed by atoms with van der Waals surface area (Å²) in [5.41, 5.74) is 6.22. The Morgan fingerprint density at radius 2 is 1.84 bits per heavy atom. The number of thioether (sulfide) groups is 1. The number of benzene rings is 3. The third-order valence-electron chi connectivity index (χ3n) is 5.25. The molecule has 0 fully saturated rings. The molecule has 4 aromatic rings. The molecular weight excluding hydrogens is 510 g/mol. The Kier molecular flexibility index (Phi) is 8.81. The Balaban J connectivity index is 1.46. The summed E-state index contributed by atoms with van der Waals surface area (Å²) in [6.07, 6.45) is 1.55. The molecule has 1 heterocycles. The Labute approximate surface area is 224 Å². The normalized spacial score (nSPS) is 11.0. The summed E-state index contributed by atoms with van der Waals surface area (Å²) < 4.78 is 12.8. The van der Waals surface area contributed by atoms with Crippen molar-refractivity contribution in [2.75, 3.05) is 19.5 Å². The van der Waals surface area contributed by atoms with Crippen LogP contribution >= 0.6 is 23.4 Å². The van der Waals surface area contributed by atoms with Gasteiger partial charge in [0.2, 0.25) is 0 Å². The van der Waals surface area contributed by atoms with Crippen molar-refractivity contribution < 1.29 is 14.3 Å². The summed E-state index contributed by atoms with van der Waals surface area (Å²) in [5.74, 6) is 1.74. The number of halogens is 1. The van der Waals surface area contributed by atoms with Crippen LogP contribution in [0.25, 0.3) is 17.1 Å². The van der Waals surface area contributed by atoms with E-state index in [0.29, 0.717) is 34.1 Å². The Morgan fingerprint density at radius 3 is 2.54 bits per heavy atom. The molecule has 4 rings (SSSR count). The molecular formula is C27H26ClN5O3S. The Bertz CT molecular complexity index is 1390. The standard InChI is InChI=1S/C27H26ClN5O3S/c1-4-36-23-14-7-19(15-24(23)35-3)16-29-30-25(34)17-37-27-32-31-26(20-8-10-21(28)11-9-20)33(27)22-12-5-18(2)6-13-22/h5-16H,4,17H2,1-3H3,(H,30,34)/b29-16+. The summed E-state index contributed by atoms with van der Waals surface area (Å²) in [5, 5.41) is 14.0. The van der Waals surface area contributed by atoms with Gasteiger partial charge in [0, 0.05) is 16.3 Å². The Hall–Kier alpha value is -3.82. The number of hydrazone groups is 1. The van der Waals surface area contributed by atoms with Crippen molar-refractivity contribution in [3.8, 4) is 28.6 Å². The second kappa shape index (κ2) is 12.4. The Morgan fingerprint density at radius 1 is 1.08 bits per heavy atom. The highest BCUT2D eigenvalue weighted by molar-refractivity contribution is 7.99. The molecule has 3 aromatic carbocycles. The zero-order valence-corrected chi connectivity index (χ0v) is 22.2. The highest BCUT2D eigenvalue weighted by atomic mass is 35.5. The van der Waals surface area contributed by atoms with Crippen molar-refractivity contribution in [2.24, 2.45) is 5.10 Å². The predicted octanol–water partition coefficient (Wildman–Crippen LogP) is 5.55. The summed E-state index contributed by atoms with van der Waals surface area (Å²) in [6, 6.07) is 20.9. The molecule has 37 heavy (non-hydrogen) atoms. The van der Waals surface area contributed by atoms with E-state index in [1.54, 1.807) is 25.5 Å². The van der Waals surface area contributed by atoms with Gasteiger partial charge in [-0.25, -0.2) is 5.43 Å². The van der Waals surface area contributed by atoms with Crippen molar-refractivity contribution in [2.45, 2.75) is 19.0 Å². The second-order valence-electron chi connectivity index (χ2n) is 7.91. The minimum absolute atomic E-state index is 0.106. The molecule has 0 bridgehead atoms. The van der Waals surface area contributed by atoms with E-state index in [2.05, 4.69) is 20.7 Å². The van der Waals surface area contributed by atoms with Crippen LogP contribution in [0.15, 0.2) is 77.0 Å². The van der Waals surface area contributed by atoms with Crippen LogP contribution in [-0.4, -0.2) is 46.4 Å². The number of hydrogen-bond acceptors (Lipinski definition) is 7. The number of amides is 1. The molecule has 1 aromatic heterocycles. The smallest absolute Gasteiger partial charge is 0.250 e. The van der Waals surface area contributed by atoms with Gasteiger partial charge in [-0.15, -0.1) is 10.2 Å². The van der Waals surface area contributed by atoms with E-state index in [1.807, 2.05) is 73.0 Å². The topological polar surface area (TPSA) is 90.6 Å². The first kappa shape index (κ1) is 26.2. The number of aryl methyl sites for hydroxylation is 1. The summed E-state index contributed by atoms with van der Waals surface area (Å²) in [4.78, 5) is 12.5. The molecule has 0 radical (unpaired) electrons. The fourth-order valence-electron chi connectivity index (χ4n) is 3.46. The second-order valence-corrected chi connectivity index (χ2v) is 9.29. The molecule has 0 aliphatic heterocycles. The first-order chi connectivity index (χ1) is 18.0. The number of nitrogens with one attached hydrogen (secondary N) is 1. The number of rotatable bonds is 10. The van der Waals surface area contributed by atoms with Crippen LogP contribution in [0.1, 0.15) is 18.1 Å². The van der Waals surface area contributed by atoms with E-state index < -0.39 is 0 Å². The lowest BCUT2D eigenvalue weighted by Gasteiger charge is -2.11. The SMILES string of the molecule is CCOc1ccc(/C=N/NC(=O)CSc2nnc(-c3ccc(Cl)cc3)n2-c2ccc(C)cc2)cc1OC. The molecule has 0 aliphatic carbocycles. The summed E-state index contributed by atoms with van der Waals surface area (Å²) in [7, 11) is 1.57. The molecule has 10 heteroatoms. The highest BCUT2D eigenvalue weighted by Gasteiger charge is 2.17. The van der Waals surface area contributed by atoms with Crippen LogP contribution in [0.5, 0.6) is 11.5 Å². The molecule has 0 atom stereocenters. The molecule has 0 unspecified atom stereocenters. The van der Waals surface area contributed by atoms with Crippen molar-refractivity contribution in [3.63, 3.8) is 0 Å². The fraction of sp³-hybridized carbons (Fsp3) is 0.185. The van der Waals surface area contributed by atoms with Gasteiger partial charge < -0.3 is 9.47 Å². The van der Waals surface area contributed by atoms with Gasteiger partial charge in [-0.3, -0.25) is 9.36 Å². The quantitative estimate of drug-likeness (QED) is 0.163. The van der Waals surface area contributed by atoms with Gasteiger partial charge >= 0.3 is 0 Å². The largest absolute Gasteiger partial charge is 0.493 e. The number of nitrogens with zero attached hydrogens (tertiary/aromatic N) is 4. The maximum atomic E-state index is 12.5. The van der Waals surface area contributed by atoms with Crippen molar-refractivity contribution in [1.82, 2.24) is 20.2 Å². The number of carbonyl (C=O) groups is 1. The van der Waals surface area contributed by atoms with Crippen molar-refractivity contribution in [3.05, 3.63) is 82.9 Å². The third-order valence-corrected chi connectivity index (χ3v) is 6.43. The van der Waals surface area contributed by atoms with Crippen LogP contribution in [0.4, 0.5) is 0 Å². The molecule has 8 nitrogen and oxygen atoms in total. The molecule has 1 amide bonds. The highest BCUT2D eigenvalue weighted by Crippen LogP contribution is 2.29. The number of ether oxygens (including phenoxy) is 2. The van der Waals surface area contributed by atoms with E-state index in [-0.39, 0.29) is 11.7 Å². The van der Waals surface area contributed by atoms with Gasteiger partial charge in [-0.2, -0.15) is 5.10 Å². The first-order valence-electron chi connectivity index (χ1n) is 11.5. The molecule has 0 spiro atoms. The van der Waals surface area contributed by atoms with Crippen molar-refractivity contribution in [1.29, 1.82) is 0 Å². The van der Waals surface area contributed by atoms with Crippen molar-refractivity contribution >= 4 is 35.5 Å². The predicted molar refractivity (Wildman–Crippen MR) is 147 cm³/mol. The number of carbonyl (C=O) groups excluding carboxylic acids is 1. The van der Waals surface area contributed by atoms with Crippen LogP contribution in [-0.2, 0) is 4.79 Å². The van der Waals surface area contributed by atoms with Gasteiger partial charge in [0.1, 0.15) is 0 Å². The molecule has 0 saturated heterocycles. The number of hydrogen-bond donors (Lipinski definition) is 1. The van der Waals surface area contributed by atoms with E-state index in [0.717, 1.165) is 22.4 Å². The average Bonchev–Trinajstić information content (AvgIpc) is 3.33. The van der Waals surface area contributed by atoms with Gasteiger partial charge in [0.15, 0.2) is 22.5 Å². The average molecular weight is 536 g/mol. The zero-order valence-electron chi connectivity index (χ0n) is 20.6. The minimum Gasteiger partial charge on any atom is -0.493 e. The number of aromatic nitrogens is 3. The lowest BCUT2D eigenvalue weighted by atomic mass is 10.2. The van der Waals surface area contributed by atoms with E-state index in [9.17, 15) is 4.79 Å². The lowest BCUT2D eigenvalue weighted by Crippen LogP contribution is -2.20. The molecule has 0 aliphatic rings. The minimum atomic E-state index is -0.273. The van der Waals surface area contributed by atoms with E-state index in [4.69, 9.17) is 21.1 Å². The maximum absolute atomic E-state index is 12.5. The van der Waals surface area contributed by atoms with Gasteiger partial charge in [-0.1, -0.05) is 41.1 Å². The fourth-order valence-corrected chi connectivity index (χ4v) is 4.33. The third kappa shape index (κ3) is 6.69. The zero-order chi connectivity index (χ0) is 26.2. The van der Waals surface area contributed by atoms with Gasteiger partial charge in [-0.05, 0) is 74.0 Å². The van der Waals surface area contributed by atoms with Crippen LogP contribution in [0, 0.1) is 6.92 Å². The number of methoxy groups -OCH3 is 1. The molecule has 190 valence electrons. The van der Waals surface area contributed by atoms with Gasteiger partial charge in [0.25, 0.3) is 5.91 Å². The lowest BCUT2D eigenvalue weighted by molar-refractivity contribution is -0.118. The van der Waals surface area contributed by atoms with Crippen LogP contribution in [0.2, 0.25) is 5.02 Å². The first-order valence-corrected chi connectivity index (χ1v) is 12.9.